The molecule has 6 nitrogen and oxygen atoms in total. The van der Waals surface area contributed by atoms with Gasteiger partial charge in [-0.05, 0) is 49.2 Å². The van der Waals surface area contributed by atoms with Crippen molar-refractivity contribution in [1.82, 2.24) is 9.21 Å². The molecule has 1 amide bonds. The fourth-order valence-electron chi connectivity index (χ4n) is 3.88. The molecular formula is C24H32N2O4S. The van der Waals surface area contributed by atoms with Crippen molar-refractivity contribution < 1.29 is 17.9 Å². The number of likely N-dealkylation sites (tertiary alicyclic amines) is 1. The van der Waals surface area contributed by atoms with Gasteiger partial charge in [0, 0.05) is 44.6 Å². The third-order valence-electron chi connectivity index (χ3n) is 5.79. The Labute approximate surface area is 185 Å². The fraction of sp³-hybridized carbons (Fsp3) is 0.458. The van der Waals surface area contributed by atoms with Crippen LogP contribution < -0.4 is 4.74 Å². The summed E-state index contributed by atoms with van der Waals surface area (Å²) in [6.07, 6.45) is 1.56. The molecule has 168 valence electrons. The summed E-state index contributed by atoms with van der Waals surface area (Å²) in [4.78, 5) is 15.0. The number of piperidine rings is 1. The van der Waals surface area contributed by atoms with Gasteiger partial charge in [-0.2, -0.15) is 4.31 Å². The van der Waals surface area contributed by atoms with Crippen molar-refractivity contribution >= 4 is 15.9 Å². The zero-order valence-corrected chi connectivity index (χ0v) is 19.6. The van der Waals surface area contributed by atoms with E-state index in [0.717, 1.165) is 29.7 Å². The van der Waals surface area contributed by atoms with Crippen LogP contribution in [0, 0.1) is 13.8 Å². The Morgan fingerprint density at radius 2 is 1.74 bits per heavy atom. The number of sulfonamides is 1. The van der Waals surface area contributed by atoms with E-state index in [-0.39, 0.29) is 16.9 Å². The molecule has 0 atom stereocenters. The van der Waals surface area contributed by atoms with Crippen molar-refractivity contribution in [2.75, 3.05) is 26.2 Å². The van der Waals surface area contributed by atoms with E-state index < -0.39 is 10.0 Å². The van der Waals surface area contributed by atoms with Crippen LogP contribution in [0.2, 0.25) is 0 Å². The average molecular weight is 445 g/mol. The van der Waals surface area contributed by atoms with E-state index in [0.29, 0.717) is 31.7 Å². The number of ether oxygens (including phenoxy) is 1. The molecule has 1 aliphatic rings. The molecule has 2 aromatic carbocycles. The third kappa shape index (κ3) is 5.28. The first kappa shape index (κ1) is 23.3. The minimum absolute atomic E-state index is 0.0685. The highest BCUT2D eigenvalue weighted by Crippen LogP contribution is 2.25. The van der Waals surface area contributed by atoms with Gasteiger partial charge in [0.1, 0.15) is 11.9 Å². The van der Waals surface area contributed by atoms with Crippen molar-refractivity contribution in [2.24, 2.45) is 0 Å². The molecule has 31 heavy (non-hydrogen) atoms. The largest absolute Gasteiger partial charge is 0.490 e. The van der Waals surface area contributed by atoms with E-state index >= 15 is 0 Å². The minimum atomic E-state index is -3.60. The maximum atomic E-state index is 13.0. The number of benzene rings is 2. The topological polar surface area (TPSA) is 66.9 Å². The second kappa shape index (κ2) is 9.83. The van der Waals surface area contributed by atoms with Crippen LogP contribution in [0.4, 0.5) is 0 Å². The van der Waals surface area contributed by atoms with Gasteiger partial charge < -0.3 is 9.64 Å². The Balaban J connectivity index is 1.66. The summed E-state index contributed by atoms with van der Waals surface area (Å²) < 4.78 is 33.2. The van der Waals surface area contributed by atoms with Gasteiger partial charge in [0.15, 0.2) is 0 Å². The Kier molecular flexibility index (Phi) is 7.38. The molecule has 0 aliphatic carbocycles. The van der Waals surface area contributed by atoms with Crippen LogP contribution in [0.15, 0.2) is 47.4 Å². The van der Waals surface area contributed by atoms with Gasteiger partial charge in [-0.1, -0.05) is 32.0 Å². The van der Waals surface area contributed by atoms with E-state index in [2.05, 4.69) is 18.2 Å². The van der Waals surface area contributed by atoms with Gasteiger partial charge in [0.05, 0.1) is 4.90 Å². The lowest BCUT2D eigenvalue weighted by Gasteiger charge is -2.32. The molecular weight excluding hydrogens is 412 g/mol. The van der Waals surface area contributed by atoms with Crippen molar-refractivity contribution in [1.29, 1.82) is 0 Å². The number of hydrogen-bond donors (Lipinski definition) is 0. The van der Waals surface area contributed by atoms with Gasteiger partial charge in [-0.25, -0.2) is 8.42 Å². The molecule has 1 saturated heterocycles. The number of amides is 1. The van der Waals surface area contributed by atoms with Gasteiger partial charge in [-0.15, -0.1) is 0 Å². The molecule has 3 rings (SSSR count). The summed E-state index contributed by atoms with van der Waals surface area (Å²) in [5.41, 5.74) is 2.67. The van der Waals surface area contributed by atoms with E-state index in [1.165, 1.54) is 10.4 Å². The Bertz CT molecular complexity index is 1020. The molecule has 0 spiro atoms. The number of carbonyl (C=O) groups excluding carboxylic acids is 1. The lowest BCUT2D eigenvalue weighted by molar-refractivity contribution is 0.0594. The van der Waals surface area contributed by atoms with Gasteiger partial charge in [-0.3, -0.25) is 4.79 Å². The summed E-state index contributed by atoms with van der Waals surface area (Å²) in [6, 6.07) is 12.5. The number of hydrogen-bond acceptors (Lipinski definition) is 4. The smallest absolute Gasteiger partial charge is 0.253 e. The van der Waals surface area contributed by atoms with Crippen molar-refractivity contribution in [3.63, 3.8) is 0 Å². The first-order valence-electron chi connectivity index (χ1n) is 10.9. The molecule has 0 N–H and O–H groups in total. The van der Waals surface area contributed by atoms with Crippen LogP contribution in [0.25, 0.3) is 0 Å². The molecule has 7 heteroatoms. The summed E-state index contributed by atoms with van der Waals surface area (Å²) in [7, 11) is -3.60. The van der Waals surface area contributed by atoms with E-state index in [9.17, 15) is 13.2 Å². The van der Waals surface area contributed by atoms with Crippen molar-refractivity contribution in [2.45, 2.75) is 51.5 Å². The lowest BCUT2D eigenvalue weighted by atomic mass is 10.1. The van der Waals surface area contributed by atoms with Crippen LogP contribution in [-0.2, 0) is 10.0 Å². The molecule has 0 radical (unpaired) electrons. The molecule has 0 saturated carbocycles. The van der Waals surface area contributed by atoms with Crippen molar-refractivity contribution in [3.05, 3.63) is 59.2 Å². The molecule has 0 aromatic heterocycles. The summed E-state index contributed by atoms with van der Waals surface area (Å²) in [5, 5.41) is 0. The van der Waals surface area contributed by atoms with Crippen molar-refractivity contribution in [3.8, 4) is 5.75 Å². The Hall–Kier alpha value is -2.38. The predicted molar refractivity (Wildman–Crippen MR) is 122 cm³/mol. The highest BCUT2D eigenvalue weighted by atomic mass is 32.2. The van der Waals surface area contributed by atoms with Crippen LogP contribution in [0.1, 0.15) is 48.2 Å². The van der Waals surface area contributed by atoms with Gasteiger partial charge >= 0.3 is 0 Å². The first-order chi connectivity index (χ1) is 14.8. The quantitative estimate of drug-likeness (QED) is 0.647. The highest BCUT2D eigenvalue weighted by molar-refractivity contribution is 7.89. The van der Waals surface area contributed by atoms with E-state index in [1.807, 2.05) is 13.8 Å². The molecule has 1 aliphatic heterocycles. The number of aryl methyl sites for hydroxylation is 2. The molecule has 1 fully saturated rings. The van der Waals surface area contributed by atoms with Crippen LogP contribution in [0.5, 0.6) is 5.75 Å². The van der Waals surface area contributed by atoms with E-state index in [4.69, 9.17) is 4.74 Å². The minimum Gasteiger partial charge on any atom is -0.490 e. The second-order valence-electron chi connectivity index (χ2n) is 8.00. The van der Waals surface area contributed by atoms with Crippen LogP contribution in [-0.4, -0.2) is 55.8 Å². The van der Waals surface area contributed by atoms with Crippen LogP contribution >= 0.6 is 0 Å². The number of rotatable bonds is 7. The average Bonchev–Trinajstić information content (AvgIpc) is 2.77. The summed E-state index contributed by atoms with van der Waals surface area (Å²) >= 11 is 0. The number of carbonyl (C=O) groups is 1. The molecule has 1 heterocycles. The first-order valence-corrected chi connectivity index (χ1v) is 12.3. The standard InChI is InChI=1S/C24H32N2O4S/c1-5-26(6-2)31(28,29)22-9-7-8-20(17-22)24(27)25-14-12-21(13-15-25)30-23-16-18(3)10-11-19(23)4/h7-11,16-17,21H,5-6,12-15H2,1-4H3. The zero-order valence-electron chi connectivity index (χ0n) is 18.8. The maximum absolute atomic E-state index is 13.0. The SMILES string of the molecule is CCN(CC)S(=O)(=O)c1cccc(C(=O)N2CCC(Oc3cc(C)ccc3C)CC2)c1. The lowest BCUT2D eigenvalue weighted by Crippen LogP contribution is -2.42. The molecule has 0 unspecified atom stereocenters. The number of nitrogens with zero attached hydrogens (tertiary/aromatic N) is 2. The van der Waals surface area contributed by atoms with Gasteiger partial charge in [0.2, 0.25) is 10.0 Å². The monoisotopic (exact) mass is 444 g/mol. The Morgan fingerprint density at radius 1 is 1.06 bits per heavy atom. The Morgan fingerprint density at radius 3 is 2.39 bits per heavy atom. The fourth-order valence-corrected chi connectivity index (χ4v) is 5.38. The molecule has 0 bridgehead atoms. The summed E-state index contributed by atoms with van der Waals surface area (Å²) in [5.74, 6) is 0.765. The predicted octanol–water partition coefficient (Wildman–Crippen LogP) is 4.02. The maximum Gasteiger partial charge on any atom is 0.253 e. The normalized spacial score (nSPS) is 15.3. The highest BCUT2D eigenvalue weighted by Gasteiger charge is 2.27. The van der Waals surface area contributed by atoms with E-state index in [1.54, 1.807) is 36.9 Å². The second-order valence-corrected chi connectivity index (χ2v) is 9.93. The zero-order chi connectivity index (χ0) is 22.6. The third-order valence-corrected chi connectivity index (χ3v) is 7.84. The summed E-state index contributed by atoms with van der Waals surface area (Å²) in [6.45, 7) is 9.65. The molecule has 2 aromatic rings. The van der Waals surface area contributed by atoms with Crippen LogP contribution in [0.3, 0.4) is 0 Å². The van der Waals surface area contributed by atoms with Gasteiger partial charge in [0.25, 0.3) is 5.91 Å².